The molecular formula is C25H22BrN3O6. The number of hydrogen-bond donors (Lipinski definition) is 2. The summed E-state index contributed by atoms with van der Waals surface area (Å²) in [4.78, 5) is 36.7. The van der Waals surface area contributed by atoms with Crippen molar-refractivity contribution < 1.29 is 28.6 Å². The van der Waals surface area contributed by atoms with E-state index in [9.17, 15) is 14.4 Å². The van der Waals surface area contributed by atoms with Crippen LogP contribution in [-0.2, 0) is 4.79 Å². The highest BCUT2D eigenvalue weighted by molar-refractivity contribution is 9.10. The van der Waals surface area contributed by atoms with E-state index in [4.69, 9.17) is 14.2 Å². The van der Waals surface area contributed by atoms with Crippen LogP contribution in [0.1, 0.15) is 26.3 Å². The maximum atomic E-state index is 12.5. The first-order valence-corrected chi connectivity index (χ1v) is 11.1. The molecule has 0 saturated heterocycles. The number of hydrogen-bond acceptors (Lipinski definition) is 7. The third-order valence-corrected chi connectivity index (χ3v) is 5.15. The molecule has 0 heterocycles. The summed E-state index contributed by atoms with van der Waals surface area (Å²) in [5, 5.41) is 6.40. The molecule has 9 nitrogen and oxygen atoms in total. The highest BCUT2D eigenvalue weighted by Gasteiger charge is 2.12. The Bertz CT molecular complexity index is 1230. The molecule has 0 aliphatic heterocycles. The Morgan fingerprint density at radius 2 is 1.49 bits per heavy atom. The molecule has 0 aliphatic carbocycles. The Balaban J connectivity index is 1.57. The van der Waals surface area contributed by atoms with E-state index in [0.717, 1.165) is 4.47 Å². The van der Waals surface area contributed by atoms with Gasteiger partial charge >= 0.3 is 5.97 Å². The van der Waals surface area contributed by atoms with Gasteiger partial charge in [0.05, 0.1) is 32.5 Å². The zero-order chi connectivity index (χ0) is 25.2. The average Bonchev–Trinajstić information content (AvgIpc) is 2.88. The SMILES string of the molecule is COc1ccc(C(=O)NCC(=O)NN=Cc2cc(Br)ccc2OC(=O)c2ccc(OC)cc2)cc1. The molecule has 2 N–H and O–H groups in total. The monoisotopic (exact) mass is 539 g/mol. The molecule has 0 spiro atoms. The molecule has 0 radical (unpaired) electrons. The standard InChI is InChI=1S/C25H22BrN3O6/c1-33-20-8-3-16(4-9-20)24(31)27-15-23(30)29-28-14-18-13-19(26)7-12-22(18)35-25(32)17-5-10-21(34-2)11-6-17/h3-14H,15H2,1-2H3,(H,27,31)(H,29,30). The second-order valence-corrected chi connectivity index (χ2v) is 7.92. The predicted molar refractivity (Wildman–Crippen MR) is 133 cm³/mol. The van der Waals surface area contributed by atoms with Crippen molar-refractivity contribution in [2.24, 2.45) is 5.10 Å². The molecule has 0 atom stereocenters. The van der Waals surface area contributed by atoms with E-state index >= 15 is 0 Å². The van der Waals surface area contributed by atoms with Crippen LogP contribution in [0.25, 0.3) is 0 Å². The van der Waals surface area contributed by atoms with Gasteiger partial charge in [-0.25, -0.2) is 10.2 Å². The fourth-order valence-electron chi connectivity index (χ4n) is 2.82. The summed E-state index contributed by atoms with van der Waals surface area (Å²) >= 11 is 3.36. The zero-order valence-corrected chi connectivity index (χ0v) is 20.5. The number of amides is 2. The molecule has 2 amide bonds. The molecule has 10 heteroatoms. The summed E-state index contributed by atoms with van der Waals surface area (Å²) in [6.45, 7) is -0.278. The number of benzene rings is 3. The van der Waals surface area contributed by atoms with Gasteiger partial charge in [0.2, 0.25) is 0 Å². The first kappa shape index (κ1) is 25.4. The van der Waals surface area contributed by atoms with E-state index in [2.05, 4.69) is 31.8 Å². The molecule has 0 saturated carbocycles. The number of esters is 1. The number of carbonyl (C=O) groups is 3. The van der Waals surface area contributed by atoms with Crippen molar-refractivity contribution in [2.45, 2.75) is 0 Å². The average molecular weight is 540 g/mol. The number of halogens is 1. The number of nitrogens with zero attached hydrogens (tertiary/aromatic N) is 1. The van der Waals surface area contributed by atoms with Crippen LogP contribution in [0.15, 0.2) is 76.3 Å². The van der Waals surface area contributed by atoms with E-state index in [-0.39, 0.29) is 12.3 Å². The third-order valence-electron chi connectivity index (χ3n) is 4.65. The smallest absolute Gasteiger partial charge is 0.343 e. The van der Waals surface area contributed by atoms with Crippen LogP contribution in [-0.4, -0.2) is 44.8 Å². The Labute approximate surface area is 210 Å². The van der Waals surface area contributed by atoms with Crippen LogP contribution >= 0.6 is 15.9 Å². The van der Waals surface area contributed by atoms with Gasteiger partial charge in [-0.2, -0.15) is 5.10 Å². The minimum absolute atomic E-state index is 0.250. The number of ether oxygens (including phenoxy) is 3. The molecular weight excluding hydrogens is 518 g/mol. The first-order valence-electron chi connectivity index (χ1n) is 10.3. The lowest BCUT2D eigenvalue weighted by atomic mass is 10.2. The van der Waals surface area contributed by atoms with Gasteiger partial charge in [0.1, 0.15) is 17.2 Å². The molecule has 0 fully saturated rings. The molecule has 0 bridgehead atoms. The molecule has 35 heavy (non-hydrogen) atoms. The van der Waals surface area contributed by atoms with Gasteiger partial charge in [-0.05, 0) is 66.7 Å². The lowest BCUT2D eigenvalue weighted by molar-refractivity contribution is -0.120. The van der Waals surface area contributed by atoms with Crippen molar-refractivity contribution in [3.8, 4) is 17.2 Å². The summed E-state index contributed by atoms with van der Waals surface area (Å²) in [5.41, 5.74) is 3.51. The number of methoxy groups -OCH3 is 2. The van der Waals surface area contributed by atoms with Gasteiger partial charge in [0.15, 0.2) is 0 Å². The fourth-order valence-corrected chi connectivity index (χ4v) is 3.20. The van der Waals surface area contributed by atoms with Crippen molar-refractivity contribution >= 4 is 39.9 Å². The van der Waals surface area contributed by atoms with Gasteiger partial charge in [-0.3, -0.25) is 9.59 Å². The fraction of sp³-hybridized carbons (Fsp3) is 0.120. The van der Waals surface area contributed by atoms with Crippen LogP contribution in [0.5, 0.6) is 17.2 Å². The highest BCUT2D eigenvalue weighted by Crippen LogP contribution is 2.23. The van der Waals surface area contributed by atoms with E-state index in [1.165, 1.54) is 20.4 Å². The van der Waals surface area contributed by atoms with E-state index < -0.39 is 17.8 Å². The molecule has 0 unspecified atom stereocenters. The van der Waals surface area contributed by atoms with Gasteiger partial charge in [-0.1, -0.05) is 15.9 Å². The van der Waals surface area contributed by atoms with Gasteiger partial charge in [0.25, 0.3) is 11.8 Å². The molecule has 180 valence electrons. The Hall–Kier alpha value is -4.18. The van der Waals surface area contributed by atoms with Crippen LogP contribution in [0.2, 0.25) is 0 Å². The first-order chi connectivity index (χ1) is 16.9. The Morgan fingerprint density at radius 3 is 2.09 bits per heavy atom. The lowest BCUT2D eigenvalue weighted by Gasteiger charge is -2.09. The molecule has 3 aromatic carbocycles. The Kier molecular flexibility index (Phi) is 8.96. The summed E-state index contributed by atoms with van der Waals surface area (Å²) < 4.78 is 16.4. The van der Waals surface area contributed by atoms with Gasteiger partial charge in [0, 0.05) is 15.6 Å². The van der Waals surface area contributed by atoms with Crippen LogP contribution in [0.4, 0.5) is 0 Å². The number of carbonyl (C=O) groups excluding carboxylic acids is 3. The number of rotatable bonds is 9. The number of hydrazone groups is 1. The molecule has 0 aliphatic rings. The van der Waals surface area contributed by atoms with Gasteiger partial charge in [-0.15, -0.1) is 0 Å². The van der Waals surface area contributed by atoms with Crippen molar-refractivity contribution in [3.63, 3.8) is 0 Å². The second kappa shape index (κ2) is 12.3. The lowest BCUT2D eigenvalue weighted by Crippen LogP contribution is -2.34. The van der Waals surface area contributed by atoms with Crippen molar-refractivity contribution in [1.82, 2.24) is 10.7 Å². The van der Waals surface area contributed by atoms with Crippen LogP contribution in [0, 0.1) is 0 Å². The predicted octanol–water partition coefficient (Wildman–Crippen LogP) is 3.57. The zero-order valence-electron chi connectivity index (χ0n) is 18.9. The van der Waals surface area contributed by atoms with E-state index in [1.807, 2.05) is 0 Å². The van der Waals surface area contributed by atoms with Crippen molar-refractivity contribution in [2.75, 3.05) is 20.8 Å². The third kappa shape index (κ3) is 7.41. The normalized spacial score (nSPS) is 10.5. The van der Waals surface area contributed by atoms with E-state index in [0.29, 0.717) is 28.2 Å². The summed E-state index contributed by atoms with van der Waals surface area (Å²) in [7, 11) is 3.07. The number of nitrogens with one attached hydrogen (secondary N) is 2. The minimum atomic E-state index is -0.560. The quantitative estimate of drug-likeness (QED) is 0.186. The van der Waals surface area contributed by atoms with Crippen LogP contribution < -0.4 is 25.0 Å². The van der Waals surface area contributed by atoms with Crippen molar-refractivity contribution in [1.29, 1.82) is 0 Å². The topological polar surface area (TPSA) is 115 Å². The van der Waals surface area contributed by atoms with E-state index in [1.54, 1.807) is 66.7 Å². The highest BCUT2D eigenvalue weighted by atomic mass is 79.9. The summed E-state index contributed by atoms with van der Waals surface area (Å²) in [6, 6.07) is 18.0. The maximum absolute atomic E-state index is 12.5. The second-order valence-electron chi connectivity index (χ2n) is 7.00. The summed E-state index contributed by atoms with van der Waals surface area (Å²) in [6.07, 6.45) is 1.34. The molecule has 0 aromatic heterocycles. The minimum Gasteiger partial charge on any atom is -0.497 e. The summed E-state index contributed by atoms with van der Waals surface area (Å²) in [5.74, 6) is -0.0136. The van der Waals surface area contributed by atoms with Crippen LogP contribution in [0.3, 0.4) is 0 Å². The largest absolute Gasteiger partial charge is 0.497 e. The Morgan fingerprint density at radius 1 is 0.886 bits per heavy atom. The molecule has 3 rings (SSSR count). The molecule has 3 aromatic rings. The van der Waals surface area contributed by atoms with Gasteiger partial charge < -0.3 is 19.5 Å². The van der Waals surface area contributed by atoms with Crippen molar-refractivity contribution in [3.05, 3.63) is 87.9 Å². The maximum Gasteiger partial charge on any atom is 0.343 e.